The number of hydrogen-bond donors (Lipinski definition) is 1. The summed E-state index contributed by atoms with van der Waals surface area (Å²) in [5.74, 6) is 0.772. The molecule has 2 N–H and O–H groups in total. The van der Waals surface area contributed by atoms with E-state index in [1.165, 1.54) is 11.6 Å². The third kappa shape index (κ3) is 1.59. The van der Waals surface area contributed by atoms with Crippen LogP contribution in [0, 0.1) is 0 Å². The van der Waals surface area contributed by atoms with Crippen molar-refractivity contribution in [3.8, 4) is 0 Å². The third-order valence-electron chi connectivity index (χ3n) is 3.10. The van der Waals surface area contributed by atoms with Crippen molar-refractivity contribution < 1.29 is 0 Å². The fourth-order valence-electron chi connectivity index (χ4n) is 2.13. The summed E-state index contributed by atoms with van der Waals surface area (Å²) in [6.45, 7) is 2.90. The van der Waals surface area contributed by atoms with Gasteiger partial charge >= 0.3 is 5.69 Å². The first-order chi connectivity index (χ1) is 8.52. The number of imidazole rings is 1. The predicted molar refractivity (Wildman–Crippen MR) is 68.6 cm³/mol. The van der Waals surface area contributed by atoms with Crippen molar-refractivity contribution in [3.05, 3.63) is 26.7 Å². The van der Waals surface area contributed by atoms with Crippen molar-refractivity contribution >= 4 is 11.2 Å². The Labute approximate surface area is 103 Å². The molecule has 0 bridgehead atoms. The molecule has 2 aromatic rings. The molecule has 0 aliphatic heterocycles. The van der Waals surface area contributed by atoms with Crippen LogP contribution in [0.1, 0.15) is 12.7 Å². The van der Waals surface area contributed by atoms with Crippen LogP contribution in [-0.4, -0.2) is 25.2 Å². The molecule has 7 nitrogen and oxygen atoms in total. The number of hydrogen-bond acceptors (Lipinski definition) is 4. The smallest absolute Gasteiger partial charge is 0.329 e. The lowest BCUT2D eigenvalue weighted by atomic mass is 10.4. The highest BCUT2D eigenvalue weighted by molar-refractivity contribution is 5.71. The summed E-state index contributed by atoms with van der Waals surface area (Å²) in [6, 6.07) is 0. The second-order valence-corrected chi connectivity index (χ2v) is 4.20. The van der Waals surface area contributed by atoms with E-state index in [0.717, 1.165) is 10.4 Å². The van der Waals surface area contributed by atoms with E-state index in [2.05, 4.69) is 4.98 Å². The second kappa shape index (κ2) is 4.41. The summed E-state index contributed by atoms with van der Waals surface area (Å²) in [7, 11) is 3.08. The van der Waals surface area contributed by atoms with E-state index in [-0.39, 0.29) is 11.2 Å². The van der Waals surface area contributed by atoms with Crippen molar-refractivity contribution in [1.29, 1.82) is 0 Å². The van der Waals surface area contributed by atoms with Crippen molar-refractivity contribution in [2.45, 2.75) is 19.9 Å². The Morgan fingerprint density at radius 3 is 2.44 bits per heavy atom. The van der Waals surface area contributed by atoms with Gasteiger partial charge < -0.3 is 10.3 Å². The van der Waals surface area contributed by atoms with Gasteiger partial charge in [0, 0.05) is 33.6 Å². The van der Waals surface area contributed by atoms with Gasteiger partial charge in [-0.05, 0) is 0 Å². The van der Waals surface area contributed by atoms with Crippen LogP contribution in [0.15, 0.2) is 9.59 Å². The molecule has 0 atom stereocenters. The fourth-order valence-corrected chi connectivity index (χ4v) is 2.13. The lowest BCUT2D eigenvalue weighted by Gasteiger charge is -2.06. The number of aromatic nitrogens is 4. The Balaban J connectivity index is 3.00. The predicted octanol–water partition coefficient (Wildman–Crippen LogP) is -1.05. The molecule has 0 saturated carbocycles. The number of fused-ring (bicyclic) bond motifs is 1. The van der Waals surface area contributed by atoms with Gasteiger partial charge in [-0.2, -0.15) is 0 Å². The number of nitrogens with two attached hydrogens (primary N) is 1. The second-order valence-electron chi connectivity index (χ2n) is 4.20. The highest BCUT2D eigenvalue weighted by atomic mass is 16.2. The average molecular weight is 251 g/mol. The van der Waals surface area contributed by atoms with E-state index in [1.54, 1.807) is 11.6 Å². The minimum atomic E-state index is -0.368. The molecule has 2 heterocycles. The molecule has 0 aliphatic rings. The monoisotopic (exact) mass is 251 g/mol. The molecule has 7 heteroatoms. The summed E-state index contributed by atoms with van der Waals surface area (Å²) in [5.41, 5.74) is 5.74. The SMILES string of the molecule is CCc1nc2c(c(=O)n(C)c(=O)n2C)n1CCN. The zero-order chi connectivity index (χ0) is 13.4. The first kappa shape index (κ1) is 12.6. The van der Waals surface area contributed by atoms with Crippen LogP contribution >= 0.6 is 0 Å². The van der Waals surface area contributed by atoms with E-state index in [9.17, 15) is 9.59 Å². The van der Waals surface area contributed by atoms with Gasteiger partial charge in [-0.25, -0.2) is 9.78 Å². The molecule has 0 saturated heterocycles. The topological polar surface area (TPSA) is 87.8 Å². The first-order valence-corrected chi connectivity index (χ1v) is 5.88. The van der Waals surface area contributed by atoms with Gasteiger partial charge in [-0.1, -0.05) is 6.92 Å². The largest absolute Gasteiger partial charge is 0.332 e. The minimum Gasteiger partial charge on any atom is -0.329 e. The Bertz CT molecular complexity index is 707. The number of aryl methyl sites for hydroxylation is 2. The first-order valence-electron chi connectivity index (χ1n) is 5.88. The molecule has 0 fully saturated rings. The van der Waals surface area contributed by atoms with Crippen LogP contribution in [0.2, 0.25) is 0 Å². The Morgan fingerprint density at radius 1 is 1.22 bits per heavy atom. The van der Waals surface area contributed by atoms with Crippen LogP contribution in [0.5, 0.6) is 0 Å². The van der Waals surface area contributed by atoms with Crippen LogP contribution < -0.4 is 17.0 Å². The molecule has 0 spiro atoms. The summed E-state index contributed by atoms with van der Waals surface area (Å²) in [4.78, 5) is 28.4. The summed E-state index contributed by atoms with van der Waals surface area (Å²) < 4.78 is 4.29. The van der Waals surface area contributed by atoms with Gasteiger partial charge in [0.05, 0.1) is 0 Å². The highest BCUT2D eigenvalue weighted by Gasteiger charge is 2.17. The average Bonchev–Trinajstić information content (AvgIpc) is 2.73. The molecule has 18 heavy (non-hydrogen) atoms. The fraction of sp³-hybridized carbons (Fsp3) is 0.545. The molecule has 0 aromatic carbocycles. The maximum atomic E-state index is 12.2. The van der Waals surface area contributed by atoms with E-state index in [4.69, 9.17) is 5.73 Å². The van der Waals surface area contributed by atoms with Crippen LogP contribution in [0.3, 0.4) is 0 Å². The van der Waals surface area contributed by atoms with Crippen molar-refractivity contribution in [3.63, 3.8) is 0 Å². The lowest BCUT2D eigenvalue weighted by Crippen LogP contribution is -2.37. The highest BCUT2D eigenvalue weighted by Crippen LogP contribution is 2.10. The molecule has 2 aromatic heterocycles. The standard InChI is InChI=1S/C11H17N5O2/c1-4-7-13-9-8(16(7)6-5-12)10(17)15(3)11(18)14(9)2/h4-6,12H2,1-3H3. The van der Waals surface area contributed by atoms with E-state index in [1.807, 2.05) is 6.92 Å². The van der Waals surface area contributed by atoms with Gasteiger partial charge in [-0.15, -0.1) is 0 Å². The molecule has 2 rings (SSSR count). The summed E-state index contributed by atoms with van der Waals surface area (Å²) in [5, 5.41) is 0. The van der Waals surface area contributed by atoms with Crippen molar-refractivity contribution in [1.82, 2.24) is 18.7 Å². The molecule has 0 amide bonds. The molecule has 0 radical (unpaired) electrons. The van der Waals surface area contributed by atoms with Crippen molar-refractivity contribution in [2.75, 3.05) is 6.54 Å². The Morgan fingerprint density at radius 2 is 1.89 bits per heavy atom. The molecule has 0 aliphatic carbocycles. The normalized spacial score (nSPS) is 11.3. The number of rotatable bonds is 3. The van der Waals surface area contributed by atoms with E-state index in [0.29, 0.717) is 30.7 Å². The van der Waals surface area contributed by atoms with Crippen LogP contribution in [-0.2, 0) is 27.1 Å². The maximum absolute atomic E-state index is 12.2. The van der Waals surface area contributed by atoms with Crippen molar-refractivity contribution in [2.24, 2.45) is 19.8 Å². The van der Waals surface area contributed by atoms with Gasteiger partial charge in [-0.3, -0.25) is 13.9 Å². The minimum absolute atomic E-state index is 0.325. The van der Waals surface area contributed by atoms with Gasteiger partial charge in [0.1, 0.15) is 5.82 Å². The Hall–Kier alpha value is -1.89. The quantitative estimate of drug-likeness (QED) is 0.754. The van der Waals surface area contributed by atoms with Crippen LogP contribution in [0.25, 0.3) is 11.2 Å². The third-order valence-corrected chi connectivity index (χ3v) is 3.10. The van der Waals surface area contributed by atoms with E-state index >= 15 is 0 Å². The molecular weight excluding hydrogens is 234 g/mol. The summed E-state index contributed by atoms with van der Waals surface area (Å²) >= 11 is 0. The van der Waals surface area contributed by atoms with Gasteiger partial charge in [0.25, 0.3) is 5.56 Å². The molecule has 98 valence electrons. The molecular formula is C11H17N5O2. The Kier molecular flexibility index (Phi) is 3.08. The zero-order valence-electron chi connectivity index (χ0n) is 10.8. The lowest BCUT2D eigenvalue weighted by molar-refractivity contribution is 0.671. The van der Waals surface area contributed by atoms with Crippen LogP contribution in [0.4, 0.5) is 0 Å². The van der Waals surface area contributed by atoms with E-state index < -0.39 is 0 Å². The zero-order valence-corrected chi connectivity index (χ0v) is 10.8. The molecule has 0 unspecified atom stereocenters. The van der Waals surface area contributed by atoms with Gasteiger partial charge in [0.15, 0.2) is 11.2 Å². The maximum Gasteiger partial charge on any atom is 0.332 e. The summed E-state index contributed by atoms with van der Waals surface area (Å²) in [6.07, 6.45) is 0.687. The van der Waals surface area contributed by atoms with Gasteiger partial charge in [0.2, 0.25) is 0 Å². The number of nitrogens with zero attached hydrogens (tertiary/aromatic N) is 4.